The zero-order valence-corrected chi connectivity index (χ0v) is 25.5. The summed E-state index contributed by atoms with van der Waals surface area (Å²) in [5.41, 5.74) is 7.82. The van der Waals surface area contributed by atoms with Gasteiger partial charge in [0.15, 0.2) is 0 Å². The summed E-state index contributed by atoms with van der Waals surface area (Å²) in [5, 5.41) is 2.78. The van der Waals surface area contributed by atoms with Gasteiger partial charge in [-0.25, -0.2) is 0 Å². The van der Waals surface area contributed by atoms with Crippen molar-refractivity contribution in [1.82, 2.24) is 15.0 Å². The molecule has 8 rings (SSSR count). The molecule has 2 heterocycles. The number of hydrogen-bond acceptors (Lipinski definition) is 3. The number of aromatic nitrogens is 3. The van der Waals surface area contributed by atoms with Crippen molar-refractivity contribution in [2.24, 2.45) is 0 Å². The SMILES string of the molecule is c1ccc(-c2nc(-c3ccccc3)nc(-c3ccc(-c4cccc5c4[te]c4ccccc45)c(-c4ccccc4)c3)n2)cc1. The van der Waals surface area contributed by atoms with Gasteiger partial charge in [-0.05, 0) is 0 Å². The van der Waals surface area contributed by atoms with Crippen molar-refractivity contribution in [2.45, 2.75) is 0 Å². The summed E-state index contributed by atoms with van der Waals surface area (Å²) in [6.07, 6.45) is 0. The Kier molecular flexibility index (Phi) is 6.65. The summed E-state index contributed by atoms with van der Waals surface area (Å²) in [6, 6.07) is 53.3. The summed E-state index contributed by atoms with van der Waals surface area (Å²) in [4.78, 5) is 14.9. The average molecular weight is 663 g/mol. The summed E-state index contributed by atoms with van der Waals surface area (Å²) in [7, 11) is 0. The van der Waals surface area contributed by atoms with Crippen molar-refractivity contribution in [3.05, 3.63) is 152 Å². The molecular weight excluding hydrogens is 638 g/mol. The van der Waals surface area contributed by atoms with Gasteiger partial charge in [0.2, 0.25) is 0 Å². The molecule has 0 radical (unpaired) electrons. The number of rotatable bonds is 5. The van der Waals surface area contributed by atoms with Crippen LogP contribution >= 0.6 is 0 Å². The summed E-state index contributed by atoms with van der Waals surface area (Å²) in [5.74, 6) is 1.99. The van der Waals surface area contributed by atoms with Gasteiger partial charge in [-0.3, -0.25) is 0 Å². The Morgan fingerprint density at radius 2 is 0.884 bits per heavy atom. The van der Waals surface area contributed by atoms with Crippen molar-refractivity contribution in [3.63, 3.8) is 0 Å². The molecule has 0 unspecified atom stereocenters. The van der Waals surface area contributed by atoms with E-state index in [1.54, 1.807) is 0 Å². The Bertz CT molecular complexity index is 2170. The van der Waals surface area contributed by atoms with E-state index in [-0.39, 0.29) is 0 Å². The van der Waals surface area contributed by atoms with Crippen LogP contribution in [0.25, 0.3) is 74.0 Å². The van der Waals surface area contributed by atoms with Gasteiger partial charge >= 0.3 is 249 Å². The first-order valence-corrected chi connectivity index (χ1v) is 16.6. The molecule has 2 aromatic heterocycles. The van der Waals surface area contributed by atoms with Gasteiger partial charge in [0.25, 0.3) is 0 Å². The van der Waals surface area contributed by atoms with E-state index in [2.05, 4.69) is 91.0 Å². The van der Waals surface area contributed by atoms with Gasteiger partial charge in [0, 0.05) is 0 Å². The molecule has 0 spiro atoms. The van der Waals surface area contributed by atoms with Crippen LogP contribution in [0.1, 0.15) is 0 Å². The van der Waals surface area contributed by atoms with Crippen molar-refractivity contribution in [1.29, 1.82) is 0 Å². The second-order valence-electron chi connectivity index (χ2n) is 10.4. The summed E-state index contributed by atoms with van der Waals surface area (Å²) in [6.45, 7) is 0. The number of fused-ring (bicyclic) bond motifs is 3. The van der Waals surface area contributed by atoms with Gasteiger partial charge in [-0.1, -0.05) is 12.1 Å². The first-order valence-electron chi connectivity index (χ1n) is 14.3. The molecular formula is C39H25N3Te. The Morgan fingerprint density at radius 3 is 1.53 bits per heavy atom. The van der Waals surface area contributed by atoms with E-state index in [9.17, 15) is 0 Å². The third-order valence-corrected chi connectivity index (χ3v) is 11.2. The first-order chi connectivity index (χ1) is 21.3. The number of nitrogens with zero attached hydrogens (tertiary/aromatic N) is 3. The van der Waals surface area contributed by atoms with E-state index in [1.807, 2.05) is 60.7 Å². The van der Waals surface area contributed by atoms with Crippen molar-refractivity contribution in [3.8, 4) is 56.4 Å². The minimum absolute atomic E-state index is 0.494. The van der Waals surface area contributed by atoms with Gasteiger partial charge in [0.05, 0.1) is 0 Å². The van der Waals surface area contributed by atoms with Gasteiger partial charge < -0.3 is 0 Å². The molecule has 8 aromatic rings. The van der Waals surface area contributed by atoms with E-state index in [0.717, 1.165) is 16.7 Å². The third-order valence-electron chi connectivity index (χ3n) is 7.76. The van der Waals surface area contributed by atoms with Crippen molar-refractivity contribution < 1.29 is 0 Å². The number of benzene rings is 6. The predicted octanol–water partition coefficient (Wildman–Crippen LogP) is 9.57. The van der Waals surface area contributed by atoms with Crippen LogP contribution in [0.15, 0.2) is 152 Å². The van der Waals surface area contributed by atoms with Crippen molar-refractivity contribution in [2.75, 3.05) is 0 Å². The maximum atomic E-state index is 5.01. The second kappa shape index (κ2) is 11.1. The van der Waals surface area contributed by atoms with Crippen LogP contribution in [0.4, 0.5) is 0 Å². The van der Waals surface area contributed by atoms with Crippen molar-refractivity contribution >= 4 is 38.0 Å². The topological polar surface area (TPSA) is 38.7 Å². The first kappa shape index (κ1) is 25.8. The fraction of sp³-hybridized carbons (Fsp3) is 0. The molecule has 4 heteroatoms. The molecule has 0 N–H and O–H groups in total. The van der Waals surface area contributed by atoms with Gasteiger partial charge in [-0.15, -0.1) is 0 Å². The molecule has 6 aromatic carbocycles. The van der Waals surface area contributed by atoms with Crippen LogP contribution in [0.2, 0.25) is 0 Å². The quantitative estimate of drug-likeness (QED) is 0.172. The van der Waals surface area contributed by atoms with Crippen LogP contribution in [-0.2, 0) is 0 Å². The van der Waals surface area contributed by atoms with E-state index in [4.69, 9.17) is 15.0 Å². The van der Waals surface area contributed by atoms with Gasteiger partial charge in [-0.2, -0.15) is 0 Å². The van der Waals surface area contributed by atoms with Crippen LogP contribution < -0.4 is 0 Å². The Morgan fingerprint density at radius 1 is 0.349 bits per heavy atom. The minimum atomic E-state index is -0.494. The van der Waals surface area contributed by atoms with Crippen LogP contribution in [-0.4, -0.2) is 35.4 Å². The van der Waals surface area contributed by atoms with E-state index in [0.29, 0.717) is 17.5 Å². The van der Waals surface area contributed by atoms with E-state index in [1.165, 1.54) is 39.8 Å². The predicted molar refractivity (Wildman–Crippen MR) is 179 cm³/mol. The molecule has 0 fully saturated rings. The summed E-state index contributed by atoms with van der Waals surface area (Å²) < 4.78 is 3.03. The molecule has 0 aliphatic carbocycles. The van der Waals surface area contributed by atoms with Crippen LogP contribution in [0, 0.1) is 0 Å². The fourth-order valence-corrected chi connectivity index (χ4v) is 9.18. The van der Waals surface area contributed by atoms with E-state index >= 15 is 0 Å². The molecule has 3 nitrogen and oxygen atoms in total. The maximum absolute atomic E-state index is 5.01. The zero-order valence-electron chi connectivity index (χ0n) is 23.2. The molecule has 0 bridgehead atoms. The van der Waals surface area contributed by atoms with E-state index < -0.39 is 20.4 Å². The average Bonchev–Trinajstić information content (AvgIpc) is 3.48. The zero-order chi connectivity index (χ0) is 28.6. The Hall–Kier alpha value is -4.88. The Balaban J connectivity index is 1.35. The molecule has 0 aliphatic rings. The molecule has 0 saturated heterocycles. The standard InChI is InChI=1S/C39H25N3Te/c1-4-13-26(14-5-1)34-25-29(23-24-30(34)32-20-12-21-33-31-19-10-11-22-35(31)43-36(32)33)39-41-37(27-15-6-2-7-16-27)40-38(42-39)28-17-8-3-9-18-28/h1-25H. The second-order valence-corrected chi connectivity index (χ2v) is 13.4. The molecule has 0 aliphatic heterocycles. The Labute approximate surface area is 259 Å². The van der Waals surface area contributed by atoms with Crippen LogP contribution in [0.5, 0.6) is 0 Å². The summed E-state index contributed by atoms with van der Waals surface area (Å²) >= 11 is -0.494. The van der Waals surface area contributed by atoms with Gasteiger partial charge in [0.1, 0.15) is 0 Å². The molecule has 0 saturated carbocycles. The molecule has 0 atom stereocenters. The van der Waals surface area contributed by atoms with Crippen LogP contribution in [0.3, 0.4) is 0 Å². The fourth-order valence-electron chi connectivity index (χ4n) is 5.67. The monoisotopic (exact) mass is 665 g/mol. The molecule has 202 valence electrons. The molecule has 0 amide bonds. The third kappa shape index (κ3) is 4.85. The normalized spacial score (nSPS) is 11.3. The number of hydrogen-bond donors (Lipinski definition) is 0. The molecule has 43 heavy (non-hydrogen) atoms.